The number of aliphatic hydroxyl groups excluding tert-OH is 1. The summed E-state index contributed by atoms with van der Waals surface area (Å²) in [6.45, 7) is 2.33. The largest absolute Gasteiger partial charge is 0.454 e. The number of amides is 1. The first-order chi connectivity index (χ1) is 11.6. The van der Waals surface area contributed by atoms with E-state index in [9.17, 15) is 9.90 Å². The SMILES string of the molecule is CN(CC1(CO)CCOCC1)C(=O)c1ccc(Cn2ccnc2)o1. The number of nitrogens with zero attached hydrogens (tertiary/aromatic N) is 3. The molecule has 130 valence electrons. The highest BCUT2D eigenvalue weighted by atomic mass is 16.5. The van der Waals surface area contributed by atoms with Gasteiger partial charge in [-0.3, -0.25) is 4.79 Å². The highest BCUT2D eigenvalue weighted by Gasteiger charge is 2.35. The molecule has 3 rings (SSSR count). The fourth-order valence-corrected chi connectivity index (χ4v) is 3.07. The van der Waals surface area contributed by atoms with Crippen molar-refractivity contribution in [3.63, 3.8) is 0 Å². The van der Waals surface area contributed by atoms with Crippen LogP contribution in [0.4, 0.5) is 0 Å². The number of ether oxygens (including phenoxy) is 1. The number of hydrogen-bond donors (Lipinski definition) is 1. The number of hydrogen-bond acceptors (Lipinski definition) is 5. The van der Waals surface area contributed by atoms with Crippen LogP contribution in [0.5, 0.6) is 0 Å². The van der Waals surface area contributed by atoms with Crippen molar-refractivity contribution >= 4 is 5.91 Å². The van der Waals surface area contributed by atoms with Gasteiger partial charge in [0.25, 0.3) is 5.91 Å². The molecular weight excluding hydrogens is 310 g/mol. The van der Waals surface area contributed by atoms with Gasteiger partial charge in [-0.25, -0.2) is 4.98 Å². The van der Waals surface area contributed by atoms with E-state index >= 15 is 0 Å². The average Bonchev–Trinajstić information content (AvgIpc) is 3.27. The second-order valence-electron chi connectivity index (χ2n) is 6.43. The van der Waals surface area contributed by atoms with Gasteiger partial charge in [0.05, 0.1) is 19.5 Å². The molecule has 7 nitrogen and oxygen atoms in total. The molecule has 24 heavy (non-hydrogen) atoms. The molecule has 0 bridgehead atoms. The standard InChI is InChI=1S/C17H23N3O4/c1-19(11-17(12-21)4-8-23-9-5-17)16(22)15-3-2-14(24-15)10-20-7-6-18-13-20/h2-3,6-7,13,21H,4-5,8-12H2,1H3. The first-order valence-electron chi connectivity index (χ1n) is 8.10. The molecule has 1 N–H and O–H groups in total. The lowest BCUT2D eigenvalue weighted by Gasteiger charge is -2.38. The summed E-state index contributed by atoms with van der Waals surface area (Å²) in [4.78, 5) is 18.2. The Hall–Kier alpha value is -2.12. The summed E-state index contributed by atoms with van der Waals surface area (Å²) in [6.07, 6.45) is 6.75. The zero-order valence-electron chi connectivity index (χ0n) is 13.9. The van der Waals surface area contributed by atoms with Crippen molar-refractivity contribution in [2.24, 2.45) is 5.41 Å². The van der Waals surface area contributed by atoms with Gasteiger partial charge in [0.2, 0.25) is 0 Å². The topological polar surface area (TPSA) is 80.7 Å². The molecule has 0 aromatic carbocycles. The maximum absolute atomic E-state index is 12.6. The number of aromatic nitrogens is 2. The number of furan rings is 1. The Balaban J connectivity index is 1.64. The average molecular weight is 333 g/mol. The van der Waals surface area contributed by atoms with E-state index < -0.39 is 0 Å². The van der Waals surface area contributed by atoms with Crippen molar-refractivity contribution in [2.75, 3.05) is 33.4 Å². The minimum Gasteiger partial charge on any atom is -0.454 e. The van der Waals surface area contributed by atoms with Crippen LogP contribution in [0, 0.1) is 5.41 Å². The lowest BCUT2D eigenvalue weighted by molar-refractivity contribution is -0.0285. The molecule has 2 aromatic heterocycles. The van der Waals surface area contributed by atoms with E-state index in [4.69, 9.17) is 9.15 Å². The Kier molecular flexibility index (Phi) is 5.01. The predicted molar refractivity (Wildman–Crippen MR) is 86.6 cm³/mol. The fraction of sp³-hybridized carbons (Fsp3) is 0.529. The summed E-state index contributed by atoms with van der Waals surface area (Å²) in [5, 5.41) is 9.76. The number of carbonyl (C=O) groups is 1. The Morgan fingerprint density at radius 3 is 2.88 bits per heavy atom. The van der Waals surface area contributed by atoms with E-state index in [1.165, 1.54) is 0 Å². The Morgan fingerprint density at radius 1 is 1.42 bits per heavy atom. The molecule has 1 amide bonds. The normalized spacial score (nSPS) is 16.9. The van der Waals surface area contributed by atoms with Gasteiger partial charge in [-0.15, -0.1) is 0 Å². The summed E-state index contributed by atoms with van der Waals surface area (Å²) >= 11 is 0. The Bertz CT molecular complexity index is 659. The summed E-state index contributed by atoms with van der Waals surface area (Å²) in [5.41, 5.74) is -0.283. The Labute approximate surface area is 140 Å². The molecule has 3 heterocycles. The minimum absolute atomic E-state index is 0.0536. The molecule has 2 aromatic rings. The molecule has 1 fully saturated rings. The van der Waals surface area contributed by atoms with Crippen molar-refractivity contribution in [3.8, 4) is 0 Å². The quantitative estimate of drug-likeness (QED) is 0.864. The third-order valence-electron chi connectivity index (χ3n) is 4.58. The lowest BCUT2D eigenvalue weighted by Crippen LogP contribution is -2.44. The molecule has 0 saturated carbocycles. The van der Waals surface area contributed by atoms with Gasteiger partial charge >= 0.3 is 0 Å². The molecule has 1 aliphatic rings. The van der Waals surface area contributed by atoms with Gasteiger partial charge in [0.15, 0.2) is 5.76 Å². The van der Waals surface area contributed by atoms with Crippen molar-refractivity contribution in [3.05, 3.63) is 42.4 Å². The van der Waals surface area contributed by atoms with E-state index in [0.29, 0.717) is 37.8 Å². The first-order valence-corrected chi connectivity index (χ1v) is 8.10. The molecule has 1 aliphatic heterocycles. The smallest absolute Gasteiger partial charge is 0.289 e. The molecule has 1 saturated heterocycles. The minimum atomic E-state index is -0.283. The van der Waals surface area contributed by atoms with Crippen molar-refractivity contribution in [2.45, 2.75) is 19.4 Å². The number of rotatable bonds is 6. The molecule has 0 unspecified atom stereocenters. The van der Waals surface area contributed by atoms with Crippen LogP contribution in [0.3, 0.4) is 0 Å². The van der Waals surface area contributed by atoms with Crippen LogP contribution in [-0.4, -0.2) is 58.9 Å². The van der Waals surface area contributed by atoms with Gasteiger partial charge in [-0.2, -0.15) is 0 Å². The van der Waals surface area contributed by atoms with Gasteiger partial charge in [0.1, 0.15) is 5.76 Å². The molecule has 0 radical (unpaired) electrons. The van der Waals surface area contributed by atoms with Gasteiger partial charge in [-0.05, 0) is 25.0 Å². The lowest BCUT2D eigenvalue weighted by atomic mass is 9.80. The van der Waals surface area contributed by atoms with Crippen molar-refractivity contribution in [1.29, 1.82) is 0 Å². The second kappa shape index (κ2) is 7.19. The molecule has 0 spiro atoms. The van der Waals surface area contributed by atoms with E-state index in [2.05, 4.69) is 4.98 Å². The highest BCUT2D eigenvalue weighted by Crippen LogP contribution is 2.31. The van der Waals surface area contributed by atoms with E-state index in [-0.39, 0.29) is 17.9 Å². The second-order valence-corrected chi connectivity index (χ2v) is 6.43. The van der Waals surface area contributed by atoms with Crippen LogP contribution < -0.4 is 0 Å². The summed E-state index contributed by atoms with van der Waals surface area (Å²) in [7, 11) is 1.74. The fourth-order valence-electron chi connectivity index (χ4n) is 3.07. The van der Waals surface area contributed by atoms with Crippen molar-refractivity contribution < 1.29 is 19.1 Å². The summed E-state index contributed by atoms with van der Waals surface area (Å²) in [5.74, 6) is 0.839. The van der Waals surface area contributed by atoms with Crippen LogP contribution >= 0.6 is 0 Å². The van der Waals surface area contributed by atoms with Gasteiger partial charge in [-0.1, -0.05) is 0 Å². The molecular formula is C17H23N3O4. The zero-order chi connectivity index (χ0) is 17.0. The van der Waals surface area contributed by atoms with Crippen LogP contribution in [0.15, 0.2) is 35.3 Å². The van der Waals surface area contributed by atoms with Gasteiger partial charge in [0, 0.05) is 44.6 Å². The molecule has 7 heteroatoms. The summed E-state index contributed by atoms with van der Waals surface area (Å²) in [6, 6.07) is 3.50. The third kappa shape index (κ3) is 3.68. The van der Waals surface area contributed by atoms with Gasteiger partial charge < -0.3 is 23.7 Å². The third-order valence-corrected chi connectivity index (χ3v) is 4.58. The van der Waals surface area contributed by atoms with Crippen LogP contribution in [0.1, 0.15) is 29.2 Å². The number of aliphatic hydroxyl groups is 1. The maximum Gasteiger partial charge on any atom is 0.289 e. The van der Waals surface area contributed by atoms with E-state index in [0.717, 1.165) is 12.8 Å². The highest BCUT2D eigenvalue weighted by molar-refractivity contribution is 5.91. The Morgan fingerprint density at radius 2 is 2.21 bits per heavy atom. The number of imidazole rings is 1. The monoisotopic (exact) mass is 333 g/mol. The first kappa shape index (κ1) is 16.7. The predicted octanol–water partition coefficient (Wildman–Crippen LogP) is 1.39. The maximum atomic E-state index is 12.6. The molecule has 0 atom stereocenters. The molecule has 0 aliphatic carbocycles. The van der Waals surface area contributed by atoms with Crippen LogP contribution in [-0.2, 0) is 11.3 Å². The van der Waals surface area contributed by atoms with Crippen molar-refractivity contribution in [1.82, 2.24) is 14.5 Å². The number of carbonyl (C=O) groups excluding carboxylic acids is 1. The van der Waals surface area contributed by atoms with E-state index in [1.807, 2.05) is 10.8 Å². The van der Waals surface area contributed by atoms with Crippen LogP contribution in [0.2, 0.25) is 0 Å². The van der Waals surface area contributed by atoms with Crippen LogP contribution in [0.25, 0.3) is 0 Å². The van der Waals surface area contributed by atoms with E-state index in [1.54, 1.807) is 36.6 Å². The zero-order valence-corrected chi connectivity index (χ0v) is 13.9. The summed E-state index contributed by atoms with van der Waals surface area (Å²) < 4.78 is 12.9.